The molecule has 3 aromatic carbocycles. The van der Waals surface area contributed by atoms with Crippen molar-refractivity contribution in [3.63, 3.8) is 0 Å². The molecule has 2 heterocycles. The Hall–Kier alpha value is -3.59. The molecule has 0 aliphatic carbocycles. The summed E-state index contributed by atoms with van der Waals surface area (Å²) < 4.78 is 0. The second kappa shape index (κ2) is 9.46. The summed E-state index contributed by atoms with van der Waals surface area (Å²) in [6.45, 7) is 0.928. The van der Waals surface area contributed by atoms with Crippen LogP contribution in [-0.2, 0) is 15.1 Å². The fourth-order valence-corrected chi connectivity index (χ4v) is 5.17. The number of fused-ring (bicyclic) bond motifs is 2. The lowest BCUT2D eigenvalue weighted by Crippen LogP contribution is -2.51. The summed E-state index contributed by atoms with van der Waals surface area (Å²) >= 11 is 12.4. The van der Waals surface area contributed by atoms with Crippen LogP contribution in [-0.4, -0.2) is 42.8 Å². The zero-order valence-electron chi connectivity index (χ0n) is 19.3. The number of nitrogens with one attached hydrogen (secondary N) is 3. The van der Waals surface area contributed by atoms with E-state index in [-0.39, 0.29) is 17.4 Å². The fraction of sp³-hybridized carbons (Fsp3) is 0.192. The van der Waals surface area contributed by atoms with E-state index in [9.17, 15) is 14.7 Å². The third kappa shape index (κ3) is 3.87. The second-order valence-corrected chi connectivity index (χ2v) is 9.44. The molecule has 2 amide bonds. The van der Waals surface area contributed by atoms with E-state index in [1.807, 2.05) is 0 Å². The summed E-state index contributed by atoms with van der Waals surface area (Å²) in [5.41, 5.74) is 0.958. The van der Waals surface area contributed by atoms with Crippen molar-refractivity contribution < 1.29 is 14.7 Å². The second-order valence-electron chi connectivity index (χ2n) is 8.57. The number of hydrazone groups is 1. The molecule has 1 spiro atoms. The quantitative estimate of drug-likeness (QED) is 0.367. The Morgan fingerprint density at radius 2 is 1.83 bits per heavy atom. The lowest BCUT2D eigenvalue weighted by molar-refractivity contribution is -0.120. The number of rotatable bonds is 6. The molecule has 4 N–H and O–H groups in total. The van der Waals surface area contributed by atoms with Gasteiger partial charge < -0.3 is 21.1 Å². The predicted octanol–water partition coefficient (Wildman–Crippen LogP) is 3.84. The molecule has 2 unspecified atom stereocenters. The highest BCUT2D eigenvalue weighted by molar-refractivity contribution is 6.43. The van der Waals surface area contributed by atoms with Gasteiger partial charge in [0.25, 0.3) is 11.8 Å². The topological polar surface area (TPSA) is 106 Å². The molecular weight excluding hydrogens is 501 g/mol. The number of carbonyl (C=O) groups is 2. The van der Waals surface area contributed by atoms with E-state index in [4.69, 9.17) is 28.3 Å². The molecule has 3 aromatic rings. The Morgan fingerprint density at radius 1 is 1.08 bits per heavy atom. The van der Waals surface area contributed by atoms with Crippen molar-refractivity contribution in [3.05, 3.63) is 87.9 Å². The van der Waals surface area contributed by atoms with Gasteiger partial charge in [-0.25, -0.2) is 5.01 Å². The van der Waals surface area contributed by atoms with Crippen LogP contribution in [0.2, 0.25) is 10.0 Å². The number of hydrogen-bond acceptors (Lipinski definition) is 6. The van der Waals surface area contributed by atoms with E-state index < -0.39 is 17.4 Å². The number of benzene rings is 3. The molecule has 184 valence electrons. The minimum Gasteiger partial charge on any atom is -0.508 e. The number of aromatic hydroxyl groups is 1. The first kappa shape index (κ1) is 24.1. The number of carbonyl (C=O) groups excluding carboxylic acids is 2. The third-order valence-corrected chi connectivity index (χ3v) is 6.87. The molecule has 5 rings (SSSR count). The largest absolute Gasteiger partial charge is 0.508 e. The van der Waals surface area contributed by atoms with Crippen LogP contribution in [0.1, 0.15) is 17.0 Å². The van der Waals surface area contributed by atoms with Gasteiger partial charge in [-0.05, 0) is 61.1 Å². The van der Waals surface area contributed by atoms with Crippen molar-refractivity contribution >= 4 is 52.1 Å². The number of likely N-dealkylation sites (N-methyl/N-ethyl adjacent to an activating group) is 1. The Balaban J connectivity index is 1.77. The lowest BCUT2D eigenvalue weighted by Gasteiger charge is -2.37. The van der Waals surface area contributed by atoms with Crippen LogP contribution in [0.3, 0.4) is 0 Å². The van der Waals surface area contributed by atoms with Gasteiger partial charge in [0, 0.05) is 34.4 Å². The van der Waals surface area contributed by atoms with Crippen LogP contribution in [0.15, 0.2) is 71.8 Å². The molecule has 2 aliphatic heterocycles. The highest BCUT2D eigenvalue weighted by Gasteiger charge is 2.63. The molecule has 0 saturated heterocycles. The van der Waals surface area contributed by atoms with Gasteiger partial charge in [-0.1, -0.05) is 41.4 Å². The zero-order valence-corrected chi connectivity index (χ0v) is 20.8. The summed E-state index contributed by atoms with van der Waals surface area (Å²) in [6.07, 6.45) is 0. The summed E-state index contributed by atoms with van der Waals surface area (Å²) in [5, 5.41) is 26.4. The molecule has 0 aromatic heterocycles. The van der Waals surface area contributed by atoms with Crippen molar-refractivity contribution in [3.8, 4) is 5.75 Å². The van der Waals surface area contributed by atoms with Crippen molar-refractivity contribution in [2.75, 3.05) is 30.5 Å². The van der Waals surface area contributed by atoms with E-state index in [2.05, 4.69) is 16.0 Å². The Bertz CT molecular complexity index is 1380. The van der Waals surface area contributed by atoms with Gasteiger partial charge in [0.1, 0.15) is 11.5 Å². The van der Waals surface area contributed by atoms with Crippen molar-refractivity contribution in [1.82, 2.24) is 10.6 Å². The maximum Gasteiger partial charge on any atom is 0.268 e. The van der Waals surface area contributed by atoms with Crippen LogP contribution >= 0.6 is 23.2 Å². The van der Waals surface area contributed by atoms with Crippen LogP contribution < -0.4 is 21.0 Å². The van der Waals surface area contributed by atoms with Crippen molar-refractivity contribution in [1.29, 1.82) is 0 Å². The number of amides is 2. The van der Waals surface area contributed by atoms with Gasteiger partial charge in [0.15, 0.2) is 5.54 Å². The number of nitrogens with zero attached hydrogens (tertiary/aromatic N) is 2. The molecule has 0 bridgehead atoms. The highest BCUT2D eigenvalue weighted by Crippen LogP contribution is 2.55. The van der Waals surface area contributed by atoms with Gasteiger partial charge in [-0.3, -0.25) is 9.59 Å². The number of hydrogen-bond donors (Lipinski definition) is 4. The maximum atomic E-state index is 14.0. The molecule has 8 nitrogen and oxygen atoms in total. The molecule has 10 heteroatoms. The molecule has 0 saturated carbocycles. The van der Waals surface area contributed by atoms with Gasteiger partial charge in [0.05, 0.1) is 11.6 Å². The first-order valence-corrected chi connectivity index (χ1v) is 12.1. The predicted molar refractivity (Wildman–Crippen MR) is 141 cm³/mol. The normalized spacial score (nSPS) is 20.3. The molecule has 0 fully saturated rings. The minimum atomic E-state index is -1.46. The average Bonchev–Trinajstić information content (AvgIpc) is 3.35. The maximum absolute atomic E-state index is 14.0. The van der Waals surface area contributed by atoms with Gasteiger partial charge in [0.2, 0.25) is 0 Å². The Kier molecular flexibility index (Phi) is 6.34. The number of phenolic OH excluding ortho intramolecular Hbond substituents is 1. The minimum absolute atomic E-state index is 0.0114. The first-order valence-electron chi connectivity index (χ1n) is 11.3. The van der Waals surface area contributed by atoms with Crippen LogP contribution in [0.5, 0.6) is 5.75 Å². The summed E-state index contributed by atoms with van der Waals surface area (Å²) in [6, 6.07) is 18.6. The van der Waals surface area contributed by atoms with Crippen molar-refractivity contribution in [2.24, 2.45) is 5.10 Å². The average molecular weight is 524 g/mol. The molecule has 2 aliphatic rings. The monoisotopic (exact) mass is 523 g/mol. The zero-order chi connectivity index (χ0) is 25.4. The van der Waals surface area contributed by atoms with Crippen LogP contribution in [0, 0.1) is 0 Å². The van der Waals surface area contributed by atoms with E-state index in [0.29, 0.717) is 45.6 Å². The van der Waals surface area contributed by atoms with Gasteiger partial charge >= 0.3 is 0 Å². The lowest BCUT2D eigenvalue weighted by atomic mass is 9.72. The summed E-state index contributed by atoms with van der Waals surface area (Å²) in [4.78, 5) is 27.5. The molecule has 0 radical (unpaired) electrons. The molecular formula is C26H23Cl2N5O3. The van der Waals surface area contributed by atoms with Crippen LogP contribution in [0.4, 0.5) is 11.4 Å². The Labute approximate surface area is 217 Å². The van der Waals surface area contributed by atoms with E-state index in [0.717, 1.165) is 0 Å². The SMILES string of the molecule is CNCCNC(=O)C1=NN(c2ccc(Cl)cc2)C2(C(=O)Nc3cc(Cl)ccc32)C1c1cccc(O)c1. The molecule has 2 atom stereocenters. The number of anilines is 2. The smallest absolute Gasteiger partial charge is 0.268 e. The van der Waals surface area contributed by atoms with Gasteiger partial charge in [-0.2, -0.15) is 5.10 Å². The number of halogens is 2. The van der Waals surface area contributed by atoms with E-state index >= 15 is 0 Å². The van der Waals surface area contributed by atoms with E-state index in [1.54, 1.807) is 72.7 Å². The summed E-state index contributed by atoms with van der Waals surface area (Å²) in [7, 11) is 1.79. The number of phenols is 1. The standard InChI is InChI=1S/C26H23Cl2N5O3/c1-29-11-12-30-24(35)23-22(15-3-2-4-19(34)13-15)26(33(32-23)18-8-5-16(27)6-9-18)20-10-7-17(28)14-21(20)31-25(26)36/h2-10,13-14,22,29,34H,11-12H2,1H3,(H,30,35)(H,31,36). The highest BCUT2D eigenvalue weighted by atomic mass is 35.5. The first-order chi connectivity index (χ1) is 17.4. The summed E-state index contributed by atoms with van der Waals surface area (Å²) in [5.74, 6) is -1.62. The molecule has 36 heavy (non-hydrogen) atoms. The fourth-order valence-electron chi connectivity index (χ4n) is 4.87. The van der Waals surface area contributed by atoms with Crippen LogP contribution in [0.25, 0.3) is 0 Å². The van der Waals surface area contributed by atoms with E-state index in [1.165, 1.54) is 6.07 Å². The Morgan fingerprint density at radius 3 is 2.56 bits per heavy atom. The third-order valence-electron chi connectivity index (χ3n) is 6.39. The van der Waals surface area contributed by atoms with Gasteiger partial charge in [-0.15, -0.1) is 0 Å². The van der Waals surface area contributed by atoms with Crippen molar-refractivity contribution in [2.45, 2.75) is 11.5 Å².